The van der Waals surface area contributed by atoms with Crippen LogP contribution in [0.25, 0.3) is 0 Å². The summed E-state index contributed by atoms with van der Waals surface area (Å²) >= 11 is 0. The van der Waals surface area contributed by atoms with Crippen molar-refractivity contribution in [2.45, 2.75) is 39.0 Å². The molecule has 0 aromatic heterocycles. The molecule has 0 aromatic rings. The predicted molar refractivity (Wildman–Crippen MR) is 54.1 cm³/mol. The van der Waals surface area contributed by atoms with E-state index in [1.807, 2.05) is 28.1 Å². The van der Waals surface area contributed by atoms with Crippen LogP contribution < -0.4 is 0 Å². The van der Waals surface area contributed by atoms with Crippen LogP contribution in [0.5, 0.6) is 0 Å². The molecule has 13 heavy (non-hydrogen) atoms. The molecule has 0 saturated carbocycles. The first kappa shape index (κ1) is 12.9. The second kappa shape index (κ2) is 3.95. The Morgan fingerprint density at radius 3 is 1.62 bits per heavy atom. The van der Waals surface area contributed by atoms with Crippen molar-refractivity contribution >= 4 is 0 Å². The molecular weight excluding hydrogens is 166 g/mol. The van der Waals surface area contributed by atoms with Gasteiger partial charge in [0.25, 0.3) is 0 Å². The molecule has 0 aliphatic heterocycles. The molecule has 0 saturated heterocycles. The number of aliphatic hydroxyl groups is 2. The summed E-state index contributed by atoms with van der Waals surface area (Å²) < 4.78 is 0.558. The van der Waals surface area contributed by atoms with Gasteiger partial charge >= 0.3 is 0 Å². The van der Waals surface area contributed by atoms with E-state index in [4.69, 9.17) is 0 Å². The third-order valence-corrected chi connectivity index (χ3v) is 2.91. The average molecular weight is 190 g/mol. The molecule has 0 radical (unpaired) electrons. The summed E-state index contributed by atoms with van der Waals surface area (Å²) in [5.74, 6) is 0.462. The molecule has 0 fully saturated rings. The Bertz CT molecular complexity index is 161. The minimum Gasteiger partial charge on any atom is -0.363 e. The summed E-state index contributed by atoms with van der Waals surface area (Å²) in [5.41, 5.74) is -0.492. The summed E-state index contributed by atoms with van der Waals surface area (Å²) in [4.78, 5) is 0. The van der Waals surface area contributed by atoms with Gasteiger partial charge in [0.1, 0.15) is 5.54 Å². The molecule has 1 atom stereocenters. The molecule has 0 aromatic carbocycles. The minimum absolute atomic E-state index is 0.462. The lowest BCUT2D eigenvalue weighted by atomic mass is 9.87. The highest BCUT2D eigenvalue weighted by atomic mass is 16.5. The topological polar surface area (TPSA) is 40.5 Å². The van der Waals surface area contributed by atoms with Crippen LogP contribution in [0.2, 0.25) is 0 Å². The molecule has 0 aliphatic carbocycles. The zero-order chi connectivity index (χ0) is 10.9. The largest absolute Gasteiger partial charge is 0.363 e. The molecule has 0 amide bonds. The van der Waals surface area contributed by atoms with Gasteiger partial charge in [-0.2, -0.15) is 0 Å². The van der Waals surface area contributed by atoms with Gasteiger partial charge in [-0.1, -0.05) is 13.8 Å². The number of quaternary nitrogens is 1. The van der Waals surface area contributed by atoms with Gasteiger partial charge in [-0.25, -0.2) is 0 Å². The Labute approximate surface area is 81.6 Å². The number of aliphatic hydroxyl groups excluding tert-OH is 1. The van der Waals surface area contributed by atoms with Crippen molar-refractivity contribution in [2.24, 2.45) is 5.92 Å². The maximum atomic E-state index is 9.40. The van der Waals surface area contributed by atoms with Gasteiger partial charge in [0.05, 0.1) is 21.1 Å². The Kier molecular flexibility index (Phi) is 3.91. The maximum Gasteiger partial charge on any atom is 0.208 e. The predicted octanol–water partition coefficient (Wildman–Crippen LogP) is 0.808. The highest BCUT2D eigenvalue weighted by Gasteiger charge is 2.44. The maximum absolute atomic E-state index is 9.40. The number of likely N-dealkylation sites (N-methyl/N-ethyl adjacent to an activating group) is 1. The smallest absolute Gasteiger partial charge is 0.208 e. The van der Waals surface area contributed by atoms with Gasteiger partial charge in [0.2, 0.25) is 6.29 Å². The lowest BCUT2D eigenvalue weighted by molar-refractivity contribution is -0.930. The van der Waals surface area contributed by atoms with Gasteiger partial charge in [-0.15, -0.1) is 0 Å². The number of rotatable bonds is 4. The van der Waals surface area contributed by atoms with Crippen LogP contribution in [0, 0.1) is 5.92 Å². The van der Waals surface area contributed by atoms with Gasteiger partial charge in [-0.05, 0) is 12.8 Å². The van der Waals surface area contributed by atoms with Crippen molar-refractivity contribution in [2.75, 3.05) is 21.1 Å². The van der Waals surface area contributed by atoms with Crippen LogP contribution in [-0.4, -0.2) is 47.7 Å². The van der Waals surface area contributed by atoms with E-state index in [2.05, 4.69) is 13.8 Å². The quantitative estimate of drug-likeness (QED) is 0.509. The van der Waals surface area contributed by atoms with Crippen molar-refractivity contribution in [1.82, 2.24) is 0 Å². The van der Waals surface area contributed by atoms with Crippen molar-refractivity contribution in [1.29, 1.82) is 0 Å². The van der Waals surface area contributed by atoms with Crippen LogP contribution >= 0.6 is 0 Å². The van der Waals surface area contributed by atoms with E-state index >= 15 is 0 Å². The van der Waals surface area contributed by atoms with Crippen molar-refractivity contribution in [3.63, 3.8) is 0 Å². The molecule has 1 unspecified atom stereocenters. The van der Waals surface area contributed by atoms with Crippen LogP contribution in [0.4, 0.5) is 0 Å². The second-order valence-electron chi connectivity index (χ2n) is 5.34. The average Bonchev–Trinajstić information content (AvgIpc) is 1.82. The standard InChI is InChI=1S/C10H24NO2/c1-8(2)7-10(3,9(12)13)11(4,5)6/h8-9,12-13H,7H2,1-6H3/q+1. The Balaban J connectivity index is 4.74. The Morgan fingerprint density at radius 2 is 1.54 bits per heavy atom. The van der Waals surface area contributed by atoms with E-state index in [0.717, 1.165) is 6.42 Å². The van der Waals surface area contributed by atoms with Crippen LogP contribution in [-0.2, 0) is 0 Å². The SMILES string of the molecule is CC(C)CC(C)(C(O)O)[N+](C)(C)C. The van der Waals surface area contributed by atoms with Gasteiger partial charge < -0.3 is 14.7 Å². The van der Waals surface area contributed by atoms with E-state index in [9.17, 15) is 10.2 Å². The van der Waals surface area contributed by atoms with Gasteiger partial charge in [-0.3, -0.25) is 0 Å². The minimum atomic E-state index is -1.27. The molecule has 0 heterocycles. The summed E-state index contributed by atoms with van der Waals surface area (Å²) in [6, 6.07) is 0. The molecule has 2 N–H and O–H groups in total. The summed E-state index contributed by atoms with van der Waals surface area (Å²) in [7, 11) is 5.96. The molecule has 80 valence electrons. The summed E-state index contributed by atoms with van der Waals surface area (Å²) in [6.07, 6.45) is -0.469. The molecule has 3 heteroatoms. The Hall–Kier alpha value is -0.120. The fourth-order valence-electron chi connectivity index (χ4n) is 1.55. The van der Waals surface area contributed by atoms with Crippen molar-refractivity contribution < 1.29 is 14.7 Å². The van der Waals surface area contributed by atoms with Gasteiger partial charge in [0, 0.05) is 6.42 Å². The molecule has 0 bridgehead atoms. The van der Waals surface area contributed by atoms with Crippen molar-refractivity contribution in [3.8, 4) is 0 Å². The molecule has 3 nitrogen and oxygen atoms in total. The highest BCUT2D eigenvalue weighted by Crippen LogP contribution is 2.29. The number of hydrogen-bond donors (Lipinski definition) is 2. The highest BCUT2D eigenvalue weighted by molar-refractivity contribution is 4.78. The normalized spacial score (nSPS) is 18.0. The van der Waals surface area contributed by atoms with Crippen LogP contribution in [0.3, 0.4) is 0 Å². The first-order valence-electron chi connectivity index (χ1n) is 4.79. The number of nitrogens with zero attached hydrogens (tertiary/aromatic N) is 1. The first-order chi connectivity index (χ1) is 5.61. The number of hydrogen-bond acceptors (Lipinski definition) is 2. The van der Waals surface area contributed by atoms with E-state index in [-0.39, 0.29) is 0 Å². The third kappa shape index (κ3) is 2.93. The van der Waals surface area contributed by atoms with Gasteiger partial charge in [0.15, 0.2) is 0 Å². The molecule has 0 aliphatic rings. The third-order valence-electron chi connectivity index (χ3n) is 2.91. The summed E-state index contributed by atoms with van der Waals surface area (Å²) in [5, 5.41) is 18.8. The lowest BCUT2D eigenvalue weighted by Gasteiger charge is -2.45. The molecular formula is C10H24NO2+. The Morgan fingerprint density at radius 1 is 1.15 bits per heavy atom. The lowest BCUT2D eigenvalue weighted by Crippen LogP contribution is -2.62. The fraction of sp³-hybridized carbons (Fsp3) is 1.00. The zero-order valence-corrected chi connectivity index (χ0v) is 9.70. The van der Waals surface area contributed by atoms with E-state index in [1.54, 1.807) is 0 Å². The summed E-state index contributed by atoms with van der Waals surface area (Å²) in [6.45, 7) is 6.10. The molecule has 0 rings (SSSR count). The zero-order valence-electron chi connectivity index (χ0n) is 9.70. The second-order valence-corrected chi connectivity index (χ2v) is 5.34. The monoisotopic (exact) mass is 190 g/mol. The molecule has 0 spiro atoms. The van der Waals surface area contributed by atoms with E-state index in [1.165, 1.54) is 0 Å². The van der Waals surface area contributed by atoms with Crippen LogP contribution in [0.15, 0.2) is 0 Å². The van der Waals surface area contributed by atoms with E-state index < -0.39 is 11.8 Å². The first-order valence-corrected chi connectivity index (χ1v) is 4.79. The van der Waals surface area contributed by atoms with E-state index in [0.29, 0.717) is 10.4 Å². The van der Waals surface area contributed by atoms with Crippen molar-refractivity contribution in [3.05, 3.63) is 0 Å². The fourth-order valence-corrected chi connectivity index (χ4v) is 1.55. The van der Waals surface area contributed by atoms with Crippen LogP contribution in [0.1, 0.15) is 27.2 Å².